The highest BCUT2D eigenvalue weighted by Crippen LogP contribution is 2.42. The number of rotatable bonds is 3. The fourth-order valence-corrected chi connectivity index (χ4v) is 4.61. The summed E-state index contributed by atoms with van der Waals surface area (Å²) in [6.07, 6.45) is 7.95. The van der Waals surface area contributed by atoms with E-state index in [1.165, 1.54) is 38.5 Å². The second kappa shape index (κ2) is 7.09. The zero-order valence-corrected chi connectivity index (χ0v) is 13.7. The van der Waals surface area contributed by atoms with Gasteiger partial charge in [-0.2, -0.15) is 0 Å². The molecule has 1 heterocycles. The van der Waals surface area contributed by atoms with Gasteiger partial charge in [0, 0.05) is 18.0 Å². The van der Waals surface area contributed by atoms with E-state index in [1.54, 1.807) is 5.56 Å². The van der Waals surface area contributed by atoms with Crippen LogP contribution in [-0.4, -0.2) is 18.0 Å². The molecule has 2 heteroatoms. The Morgan fingerprint density at radius 2 is 1.75 bits per heavy atom. The topological polar surface area (TPSA) is 9.23 Å². The predicted molar refractivity (Wildman–Crippen MR) is 87.4 cm³/mol. The van der Waals surface area contributed by atoms with E-state index in [9.17, 15) is 0 Å². The maximum atomic E-state index is 5.49. The van der Waals surface area contributed by atoms with Gasteiger partial charge in [0.25, 0.3) is 0 Å². The van der Waals surface area contributed by atoms with Crippen LogP contribution < -0.4 is 0 Å². The Bertz CT molecular complexity index is 399. The highest BCUT2D eigenvalue weighted by atomic mass is 79.9. The van der Waals surface area contributed by atoms with Gasteiger partial charge >= 0.3 is 0 Å². The standard InChI is InChI=1S/C18H25BrO/c19-18-7-6-16(15-4-2-1-3-5-15)13-17(18)12-14-8-10-20-11-9-14/h1-5,14,16-18H,6-13H2. The number of hydrogen-bond acceptors (Lipinski definition) is 1. The van der Waals surface area contributed by atoms with Crippen LogP contribution in [0.1, 0.15) is 50.0 Å². The van der Waals surface area contributed by atoms with Gasteiger partial charge in [0.15, 0.2) is 0 Å². The Hall–Kier alpha value is -0.340. The van der Waals surface area contributed by atoms with Crippen LogP contribution in [0.2, 0.25) is 0 Å². The maximum absolute atomic E-state index is 5.49. The third kappa shape index (κ3) is 3.65. The number of halogens is 1. The van der Waals surface area contributed by atoms with Crippen molar-refractivity contribution >= 4 is 15.9 Å². The Labute approximate surface area is 131 Å². The summed E-state index contributed by atoms with van der Waals surface area (Å²) in [5.74, 6) is 2.51. The molecule has 0 radical (unpaired) electrons. The largest absolute Gasteiger partial charge is 0.381 e. The molecule has 0 aromatic heterocycles. The molecule has 3 unspecified atom stereocenters. The van der Waals surface area contributed by atoms with Crippen molar-refractivity contribution in [1.82, 2.24) is 0 Å². The molecule has 2 fully saturated rings. The molecule has 1 saturated carbocycles. The molecule has 1 aliphatic heterocycles. The molecular weight excluding hydrogens is 312 g/mol. The minimum atomic E-state index is 0.727. The zero-order valence-electron chi connectivity index (χ0n) is 12.1. The lowest BCUT2D eigenvalue weighted by Crippen LogP contribution is -2.28. The molecule has 2 aliphatic rings. The van der Waals surface area contributed by atoms with Gasteiger partial charge in [-0.25, -0.2) is 0 Å². The van der Waals surface area contributed by atoms with Gasteiger partial charge in [-0.15, -0.1) is 0 Å². The smallest absolute Gasteiger partial charge is 0.0468 e. The first-order chi connectivity index (χ1) is 9.83. The van der Waals surface area contributed by atoms with Gasteiger partial charge in [0.2, 0.25) is 0 Å². The summed E-state index contributed by atoms with van der Waals surface area (Å²) in [4.78, 5) is 0.727. The van der Waals surface area contributed by atoms with Crippen molar-refractivity contribution in [2.24, 2.45) is 11.8 Å². The average Bonchev–Trinajstić information content (AvgIpc) is 2.51. The Kier molecular flexibility index (Phi) is 5.17. The molecule has 1 aromatic carbocycles. The molecule has 1 aromatic rings. The van der Waals surface area contributed by atoms with Crippen LogP contribution in [0.4, 0.5) is 0 Å². The molecular formula is C18H25BrO. The summed E-state index contributed by atoms with van der Waals surface area (Å²) < 4.78 is 5.49. The maximum Gasteiger partial charge on any atom is 0.0468 e. The van der Waals surface area contributed by atoms with E-state index in [0.29, 0.717) is 0 Å². The average molecular weight is 337 g/mol. The first kappa shape index (κ1) is 14.6. The quantitative estimate of drug-likeness (QED) is 0.693. The molecule has 0 amide bonds. The molecule has 1 nitrogen and oxygen atoms in total. The van der Waals surface area contributed by atoms with E-state index >= 15 is 0 Å². The van der Waals surface area contributed by atoms with Crippen molar-refractivity contribution in [1.29, 1.82) is 0 Å². The Morgan fingerprint density at radius 1 is 1.00 bits per heavy atom. The Morgan fingerprint density at radius 3 is 2.50 bits per heavy atom. The van der Waals surface area contributed by atoms with Crippen LogP contribution in [0.15, 0.2) is 30.3 Å². The molecule has 3 atom stereocenters. The summed E-state index contributed by atoms with van der Waals surface area (Å²) in [6, 6.07) is 11.1. The van der Waals surface area contributed by atoms with E-state index in [4.69, 9.17) is 4.74 Å². The van der Waals surface area contributed by atoms with Gasteiger partial charge in [-0.3, -0.25) is 0 Å². The predicted octanol–water partition coefficient (Wildman–Crippen LogP) is 5.15. The van der Waals surface area contributed by atoms with Crippen LogP contribution in [0, 0.1) is 11.8 Å². The molecule has 0 N–H and O–H groups in total. The minimum Gasteiger partial charge on any atom is -0.381 e. The highest BCUT2D eigenvalue weighted by molar-refractivity contribution is 9.09. The molecule has 20 heavy (non-hydrogen) atoms. The van der Waals surface area contributed by atoms with Gasteiger partial charge in [-0.1, -0.05) is 46.3 Å². The molecule has 110 valence electrons. The first-order valence-corrected chi connectivity index (χ1v) is 9.01. The van der Waals surface area contributed by atoms with Crippen LogP contribution in [0.5, 0.6) is 0 Å². The normalized spacial score (nSPS) is 32.1. The number of hydrogen-bond donors (Lipinski definition) is 0. The summed E-state index contributed by atoms with van der Waals surface area (Å²) in [5, 5.41) is 0. The molecule has 3 rings (SSSR count). The van der Waals surface area contributed by atoms with E-state index in [-0.39, 0.29) is 0 Å². The fourth-order valence-electron chi connectivity index (χ4n) is 3.91. The zero-order chi connectivity index (χ0) is 13.8. The van der Waals surface area contributed by atoms with Crippen LogP contribution in [0.25, 0.3) is 0 Å². The SMILES string of the molecule is BrC1CCC(c2ccccc2)CC1CC1CCOCC1. The second-order valence-electron chi connectivity index (χ2n) is 6.49. The van der Waals surface area contributed by atoms with Crippen molar-refractivity contribution in [3.05, 3.63) is 35.9 Å². The first-order valence-electron chi connectivity index (χ1n) is 8.09. The van der Waals surface area contributed by atoms with E-state index in [1.807, 2.05) is 0 Å². The number of alkyl halides is 1. The van der Waals surface area contributed by atoms with Crippen molar-refractivity contribution in [2.75, 3.05) is 13.2 Å². The van der Waals surface area contributed by atoms with Crippen LogP contribution in [0.3, 0.4) is 0 Å². The molecule has 0 spiro atoms. The molecule has 0 bridgehead atoms. The minimum absolute atomic E-state index is 0.727. The van der Waals surface area contributed by atoms with Crippen molar-refractivity contribution in [3.8, 4) is 0 Å². The van der Waals surface area contributed by atoms with Crippen molar-refractivity contribution in [3.63, 3.8) is 0 Å². The summed E-state index contributed by atoms with van der Waals surface area (Å²) in [6.45, 7) is 1.96. The van der Waals surface area contributed by atoms with Gasteiger partial charge in [-0.05, 0) is 61.8 Å². The Balaban J connectivity index is 1.61. The van der Waals surface area contributed by atoms with Gasteiger partial charge in [0.05, 0.1) is 0 Å². The lowest BCUT2D eigenvalue weighted by molar-refractivity contribution is 0.0562. The number of ether oxygens (including phenoxy) is 1. The summed E-state index contributed by atoms with van der Waals surface area (Å²) in [5.41, 5.74) is 1.55. The second-order valence-corrected chi connectivity index (χ2v) is 7.66. The van der Waals surface area contributed by atoms with Crippen molar-refractivity contribution in [2.45, 2.75) is 49.3 Å². The van der Waals surface area contributed by atoms with Gasteiger partial charge < -0.3 is 4.74 Å². The van der Waals surface area contributed by atoms with Crippen LogP contribution >= 0.6 is 15.9 Å². The third-order valence-corrected chi connectivity index (χ3v) is 6.34. The lowest BCUT2D eigenvalue weighted by atomic mass is 9.74. The molecule has 1 saturated heterocycles. The van der Waals surface area contributed by atoms with E-state index < -0.39 is 0 Å². The summed E-state index contributed by atoms with van der Waals surface area (Å²) in [7, 11) is 0. The van der Waals surface area contributed by atoms with Crippen molar-refractivity contribution < 1.29 is 4.74 Å². The van der Waals surface area contributed by atoms with E-state index in [2.05, 4.69) is 46.3 Å². The van der Waals surface area contributed by atoms with Crippen LogP contribution in [-0.2, 0) is 4.74 Å². The fraction of sp³-hybridized carbons (Fsp3) is 0.667. The molecule has 1 aliphatic carbocycles. The van der Waals surface area contributed by atoms with E-state index in [0.717, 1.165) is 35.8 Å². The highest BCUT2D eigenvalue weighted by Gasteiger charge is 2.31. The van der Waals surface area contributed by atoms with Gasteiger partial charge in [0.1, 0.15) is 0 Å². The third-order valence-electron chi connectivity index (χ3n) is 5.14. The monoisotopic (exact) mass is 336 g/mol. The number of benzene rings is 1. The summed E-state index contributed by atoms with van der Waals surface area (Å²) >= 11 is 3.95. The lowest BCUT2D eigenvalue weighted by Gasteiger charge is -2.36.